The molecule has 8 heteroatoms. The number of aromatic nitrogens is 2. The van der Waals surface area contributed by atoms with Crippen molar-refractivity contribution >= 4 is 16.8 Å². The van der Waals surface area contributed by atoms with Crippen LogP contribution in [-0.2, 0) is 30.7 Å². The van der Waals surface area contributed by atoms with E-state index in [0.717, 1.165) is 34.3 Å². The van der Waals surface area contributed by atoms with Crippen molar-refractivity contribution in [1.29, 1.82) is 0 Å². The summed E-state index contributed by atoms with van der Waals surface area (Å²) < 4.78 is 43.1. The number of hydrogen-bond donors (Lipinski definition) is 1. The van der Waals surface area contributed by atoms with Crippen molar-refractivity contribution in [2.75, 3.05) is 0 Å². The standard InChI is InChI=1S/C19H14F3N3O2/c20-19(21,22)13-2-3-14(23-7-13)8-25-18(26)11-1-4-17-15(5-11)16-10-27-9-12(16)6-24-17/h1-7H,8-10H2,(H,25,26). The van der Waals surface area contributed by atoms with Gasteiger partial charge in [-0.25, -0.2) is 0 Å². The number of rotatable bonds is 3. The molecule has 138 valence electrons. The van der Waals surface area contributed by atoms with Crippen molar-refractivity contribution in [3.05, 3.63) is 70.7 Å². The summed E-state index contributed by atoms with van der Waals surface area (Å²) in [7, 11) is 0. The first-order valence-corrected chi connectivity index (χ1v) is 8.20. The molecule has 2 aromatic heterocycles. The fourth-order valence-electron chi connectivity index (χ4n) is 2.96. The third-order valence-electron chi connectivity index (χ3n) is 4.42. The van der Waals surface area contributed by atoms with Gasteiger partial charge in [-0.15, -0.1) is 0 Å². The van der Waals surface area contributed by atoms with Crippen LogP contribution in [0.4, 0.5) is 13.2 Å². The van der Waals surface area contributed by atoms with Crippen LogP contribution in [0.15, 0.2) is 42.7 Å². The molecule has 0 saturated carbocycles. The number of ether oxygens (including phenoxy) is 1. The van der Waals surface area contributed by atoms with Crippen LogP contribution >= 0.6 is 0 Å². The maximum absolute atomic E-state index is 12.6. The van der Waals surface area contributed by atoms with E-state index in [-0.39, 0.29) is 12.5 Å². The highest BCUT2D eigenvalue weighted by Gasteiger charge is 2.30. The number of hydrogen-bond acceptors (Lipinski definition) is 4. The number of nitrogens with zero attached hydrogens (tertiary/aromatic N) is 2. The van der Waals surface area contributed by atoms with E-state index < -0.39 is 11.7 Å². The lowest BCUT2D eigenvalue weighted by Crippen LogP contribution is -2.23. The largest absolute Gasteiger partial charge is 0.417 e. The quantitative estimate of drug-likeness (QED) is 0.762. The number of carbonyl (C=O) groups excluding carboxylic acids is 1. The van der Waals surface area contributed by atoms with Gasteiger partial charge in [0.2, 0.25) is 0 Å². The van der Waals surface area contributed by atoms with Crippen LogP contribution in [0, 0.1) is 0 Å². The minimum Gasteiger partial charge on any atom is -0.372 e. The summed E-state index contributed by atoms with van der Waals surface area (Å²) in [6.45, 7) is 1.02. The Morgan fingerprint density at radius 1 is 1.11 bits per heavy atom. The Hall–Kier alpha value is -3.00. The Morgan fingerprint density at radius 2 is 1.96 bits per heavy atom. The molecule has 4 rings (SSSR count). The van der Waals surface area contributed by atoms with Crippen LogP contribution in [0.3, 0.4) is 0 Å². The Morgan fingerprint density at radius 3 is 2.70 bits per heavy atom. The number of nitrogens with one attached hydrogen (secondary N) is 1. The van der Waals surface area contributed by atoms with E-state index in [2.05, 4.69) is 15.3 Å². The zero-order valence-electron chi connectivity index (χ0n) is 14.0. The van der Waals surface area contributed by atoms with Crippen LogP contribution in [-0.4, -0.2) is 15.9 Å². The molecule has 0 radical (unpaired) electrons. The normalized spacial score (nSPS) is 13.6. The first kappa shape index (κ1) is 17.4. The third kappa shape index (κ3) is 3.48. The summed E-state index contributed by atoms with van der Waals surface area (Å²) in [5.41, 5.74) is 2.77. The second kappa shape index (κ2) is 6.62. The van der Waals surface area contributed by atoms with Gasteiger partial charge < -0.3 is 10.1 Å². The number of benzene rings is 1. The second-order valence-corrected chi connectivity index (χ2v) is 6.21. The Kier molecular flexibility index (Phi) is 4.27. The molecule has 27 heavy (non-hydrogen) atoms. The fraction of sp³-hybridized carbons (Fsp3) is 0.211. The number of amides is 1. The lowest BCUT2D eigenvalue weighted by molar-refractivity contribution is -0.137. The van der Waals surface area contributed by atoms with Crippen LogP contribution < -0.4 is 5.32 Å². The molecule has 0 fully saturated rings. The second-order valence-electron chi connectivity index (χ2n) is 6.21. The summed E-state index contributed by atoms with van der Waals surface area (Å²) >= 11 is 0. The average Bonchev–Trinajstić information content (AvgIpc) is 3.14. The molecule has 0 spiro atoms. The van der Waals surface area contributed by atoms with E-state index in [9.17, 15) is 18.0 Å². The molecule has 0 atom stereocenters. The minimum absolute atomic E-state index is 0.0310. The van der Waals surface area contributed by atoms with Gasteiger partial charge >= 0.3 is 6.18 Å². The van der Waals surface area contributed by atoms with Gasteiger partial charge in [0, 0.05) is 28.9 Å². The fourth-order valence-corrected chi connectivity index (χ4v) is 2.96. The molecule has 1 aliphatic rings. The monoisotopic (exact) mass is 373 g/mol. The molecule has 1 amide bonds. The van der Waals surface area contributed by atoms with Gasteiger partial charge in [0.25, 0.3) is 5.91 Å². The molecule has 1 aliphatic heterocycles. The van der Waals surface area contributed by atoms with Gasteiger partial charge in [-0.3, -0.25) is 14.8 Å². The molecule has 0 unspecified atom stereocenters. The first-order valence-electron chi connectivity index (χ1n) is 8.20. The smallest absolute Gasteiger partial charge is 0.372 e. The van der Waals surface area contributed by atoms with Gasteiger partial charge in [0.15, 0.2) is 0 Å². The molecule has 3 aromatic rings. The maximum atomic E-state index is 12.6. The van der Waals surface area contributed by atoms with Crippen LogP contribution in [0.5, 0.6) is 0 Å². The van der Waals surface area contributed by atoms with Crippen molar-refractivity contribution in [3.63, 3.8) is 0 Å². The molecule has 1 N–H and O–H groups in total. The van der Waals surface area contributed by atoms with Gasteiger partial charge in [0.05, 0.1) is 36.5 Å². The lowest BCUT2D eigenvalue weighted by atomic mass is 10.0. The van der Waals surface area contributed by atoms with Gasteiger partial charge in [-0.05, 0) is 35.9 Å². The van der Waals surface area contributed by atoms with Crippen LogP contribution in [0.1, 0.15) is 32.7 Å². The van der Waals surface area contributed by atoms with Crippen molar-refractivity contribution in [1.82, 2.24) is 15.3 Å². The molecule has 3 heterocycles. The summed E-state index contributed by atoms with van der Waals surface area (Å²) in [4.78, 5) is 20.5. The van der Waals surface area contributed by atoms with Crippen molar-refractivity contribution < 1.29 is 22.7 Å². The summed E-state index contributed by atoms with van der Waals surface area (Å²) in [5.74, 6) is -0.338. The number of alkyl halides is 3. The Labute approximate surface area is 152 Å². The van der Waals surface area contributed by atoms with Crippen LogP contribution in [0.25, 0.3) is 10.9 Å². The Bertz CT molecular complexity index is 1020. The molecule has 0 bridgehead atoms. The summed E-state index contributed by atoms with van der Waals surface area (Å²) in [5, 5.41) is 3.54. The number of halogens is 3. The molecular weight excluding hydrogens is 359 g/mol. The number of fused-ring (bicyclic) bond motifs is 3. The maximum Gasteiger partial charge on any atom is 0.417 e. The highest BCUT2D eigenvalue weighted by atomic mass is 19.4. The average molecular weight is 373 g/mol. The van der Waals surface area contributed by atoms with Crippen molar-refractivity contribution in [3.8, 4) is 0 Å². The first-order chi connectivity index (χ1) is 12.9. The topological polar surface area (TPSA) is 64.1 Å². The van der Waals surface area contributed by atoms with Gasteiger partial charge in [-0.2, -0.15) is 13.2 Å². The molecule has 5 nitrogen and oxygen atoms in total. The van der Waals surface area contributed by atoms with E-state index in [1.54, 1.807) is 24.4 Å². The summed E-state index contributed by atoms with van der Waals surface area (Å²) in [6.07, 6.45) is -1.90. The lowest BCUT2D eigenvalue weighted by Gasteiger charge is -2.09. The zero-order chi connectivity index (χ0) is 19.0. The predicted molar refractivity (Wildman–Crippen MR) is 90.6 cm³/mol. The zero-order valence-corrected chi connectivity index (χ0v) is 14.0. The van der Waals surface area contributed by atoms with E-state index in [1.807, 2.05) is 0 Å². The van der Waals surface area contributed by atoms with Gasteiger partial charge in [0.1, 0.15) is 0 Å². The number of pyridine rings is 2. The molecule has 1 aromatic carbocycles. The van der Waals surface area contributed by atoms with Crippen molar-refractivity contribution in [2.24, 2.45) is 0 Å². The Balaban J connectivity index is 1.50. The molecular formula is C19H14F3N3O2. The summed E-state index contributed by atoms with van der Waals surface area (Å²) in [6, 6.07) is 7.37. The van der Waals surface area contributed by atoms with E-state index in [0.29, 0.717) is 24.5 Å². The predicted octanol–water partition coefficient (Wildman–Crippen LogP) is 3.61. The van der Waals surface area contributed by atoms with Crippen molar-refractivity contribution in [2.45, 2.75) is 25.9 Å². The van der Waals surface area contributed by atoms with E-state index in [1.165, 1.54) is 6.07 Å². The van der Waals surface area contributed by atoms with E-state index in [4.69, 9.17) is 4.74 Å². The molecule has 0 aliphatic carbocycles. The van der Waals surface area contributed by atoms with Gasteiger partial charge in [-0.1, -0.05) is 0 Å². The third-order valence-corrected chi connectivity index (χ3v) is 4.42. The highest BCUT2D eigenvalue weighted by molar-refractivity contribution is 5.98. The SMILES string of the molecule is O=C(NCc1ccc(C(F)(F)F)cn1)c1ccc2ncc3c(c2c1)COC3. The van der Waals surface area contributed by atoms with Crippen LogP contribution in [0.2, 0.25) is 0 Å². The number of carbonyl (C=O) groups is 1. The minimum atomic E-state index is -4.43. The molecule has 0 saturated heterocycles. The highest BCUT2D eigenvalue weighted by Crippen LogP contribution is 2.29. The van der Waals surface area contributed by atoms with E-state index >= 15 is 0 Å².